The molecule has 5 heterocycles. The largest absolute Gasteiger partial charge is 0.380 e. The lowest BCUT2D eigenvalue weighted by atomic mass is 9.89. The second-order valence-corrected chi connectivity index (χ2v) is 11.1. The third-order valence-corrected chi connectivity index (χ3v) is 7.99. The van der Waals surface area contributed by atoms with E-state index in [-0.39, 0.29) is 17.4 Å². The van der Waals surface area contributed by atoms with Gasteiger partial charge < -0.3 is 15.4 Å². The van der Waals surface area contributed by atoms with Crippen molar-refractivity contribution in [3.8, 4) is 21.8 Å². The molecule has 0 aliphatic carbocycles. The molecular formula is C28H35N7O2S. The maximum atomic E-state index is 13.3. The molecule has 10 heteroatoms. The standard InChI is InChI=1S/C28H35N7O2S/c1-5-34(6-2)19(3)14-29-27(36)20-12-23(32-25(13-20)30-16-28(4)17-37-18-28)21-15-31-35-10-9-22(33-26(21)35)24-8-7-11-38-24/h7-13,15,19H,5-6,14,16-18H2,1-4H3,(H,29,36)(H,30,32). The van der Waals surface area contributed by atoms with Crippen LogP contribution in [0, 0.1) is 5.41 Å². The molecule has 9 nitrogen and oxygen atoms in total. The Labute approximate surface area is 227 Å². The van der Waals surface area contributed by atoms with E-state index in [9.17, 15) is 4.79 Å². The smallest absolute Gasteiger partial charge is 0.251 e. The van der Waals surface area contributed by atoms with Crippen LogP contribution in [-0.4, -0.2) is 75.8 Å². The zero-order valence-corrected chi connectivity index (χ0v) is 23.2. The van der Waals surface area contributed by atoms with Gasteiger partial charge in [-0.05, 0) is 49.7 Å². The normalized spacial score (nSPS) is 15.4. The Kier molecular flexibility index (Phi) is 7.73. The lowest BCUT2D eigenvalue weighted by Gasteiger charge is -2.38. The number of carbonyl (C=O) groups excluding carboxylic acids is 1. The number of aromatic nitrogens is 4. The highest BCUT2D eigenvalue weighted by Gasteiger charge is 2.33. The van der Waals surface area contributed by atoms with Crippen LogP contribution in [0.1, 0.15) is 38.1 Å². The molecule has 0 bridgehead atoms. The highest BCUT2D eigenvalue weighted by Crippen LogP contribution is 2.30. The van der Waals surface area contributed by atoms with Crippen molar-refractivity contribution in [2.45, 2.75) is 33.7 Å². The van der Waals surface area contributed by atoms with E-state index in [0.29, 0.717) is 49.0 Å². The van der Waals surface area contributed by atoms with Gasteiger partial charge in [0, 0.05) is 36.3 Å². The van der Waals surface area contributed by atoms with Crippen molar-refractivity contribution in [2.75, 3.05) is 44.7 Å². The SMILES string of the molecule is CCN(CC)C(C)CNC(=O)c1cc(NCC2(C)COC2)nc(-c2cnn3ccc(-c4cccs4)nc23)c1. The van der Waals surface area contributed by atoms with E-state index >= 15 is 0 Å². The van der Waals surface area contributed by atoms with E-state index in [1.165, 1.54) is 0 Å². The molecule has 1 aliphatic rings. The number of fused-ring (bicyclic) bond motifs is 1. The predicted molar refractivity (Wildman–Crippen MR) is 152 cm³/mol. The van der Waals surface area contributed by atoms with Gasteiger partial charge in [-0.3, -0.25) is 9.69 Å². The van der Waals surface area contributed by atoms with E-state index in [0.717, 1.165) is 29.2 Å². The number of hydrogen-bond donors (Lipinski definition) is 2. The number of nitrogens with zero attached hydrogens (tertiary/aromatic N) is 5. The van der Waals surface area contributed by atoms with Crippen LogP contribution in [0.3, 0.4) is 0 Å². The first-order valence-corrected chi connectivity index (χ1v) is 14.0. The monoisotopic (exact) mass is 533 g/mol. The fraction of sp³-hybridized carbons (Fsp3) is 0.429. The van der Waals surface area contributed by atoms with Gasteiger partial charge in [-0.25, -0.2) is 14.5 Å². The van der Waals surface area contributed by atoms with Crippen LogP contribution in [0.15, 0.2) is 48.1 Å². The highest BCUT2D eigenvalue weighted by atomic mass is 32.1. The molecule has 200 valence electrons. The zero-order valence-electron chi connectivity index (χ0n) is 22.4. The molecule has 1 atom stereocenters. The second kappa shape index (κ2) is 11.2. The molecule has 2 N–H and O–H groups in total. The lowest BCUT2D eigenvalue weighted by molar-refractivity contribution is -0.0924. The molecular weight excluding hydrogens is 498 g/mol. The summed E-state index contributed by atoms with van der Waals surface area (Å²) in [6, 6.07) is 9.91. The highest BCUT2D eigenvalue weighted by molar-refractivity contribution is 7.13. The molecule has 38 heavy (non-hydrogen) atoms. The number of thiophene rings is 1. The van der Waals surface area contributed by atoms with Gasteiger partial charge in [-0.15, -0.1) is 11.3 Å². The topological polar surface area (TPSA) is 96.7 Å². The van der Waals surface area contributed by atoms with Crippen LogP contribution in [0.5, 0.6) is 0 Å². The number of amides is 1. The van der Waals surface area contributed by atoms with E-state index < -0.39 is 0 Å². The lowest BCUT2D eigenvalue weighted by Crippen LogP contribution is -2.45. The first-order chi connectivity index (χ1) is 18.4. The van der Waals surface area contributed by atoms with E-state index in [2.05, 4.69) is 54.4 Å². The number of anilines is 1. The molecule has 4 aromatic rings. The average Bonchev–Trinajstić information content (AvgIpc) is 3.60. The number of likely N-dealkylation sites (N-methyl/N-ethyl adjacent to an activating group) is 1. The van der Waals surface area contributed by atoms with Crippen LogP contribution in [0.25, 0.3) is 27.5 Å². The van der Waals surface area contributed by atoms with Crippen molar-refractivity contribution in [1.29, 1.82) is 0 Å². The number of nitrogens with one attached hydrogen (secondary N) is 2. The molecule has 1 fully saturated rings. The third-order valence-electron chi connectivity index (χ3n) is 7.10. The van der Waals surface area contributed by atoms with Crippen molar-refractivity contribution >= 4 is 28.7 Å². The van der Waals surface area contributed by atoms with Crippen molar-refractivity contribution < 1.29 is 9.53 Å². The van der Waals surface area contributed by atoms with Crippen molar-refractivity contribution in [3.63, 3.8) is 0 Å². The minimum atomic E-state index is -0.127. The van der Waals surface area contributed by atoms with E-state index in [1.807, 2.05) is 35.8 Å². The average molecular weight is 534 g/mol. The fourth-order valence-corrected chi connectivity index (χ4v) is 5.37. The quantitative estimate of drug-likeness (QED) is 0.294. The Morgan fingerprint density at radius 3 is 2.71 bits per heavy atom. The van der Waals surface area contributed by atoms with E-state index in [4.69, 9.17) is 14.7 Å². The van der Waals surface area contributed by atoms with Crippen molar-refractivity contribution in [3.05, 3.63) is 53.7 Å². The first-order valence-electron chi connectivity index (χ1n) is 13.1. The van der Waals surface area contributed by atoms with Crippen LogP contribution in [0.4, 0.5) is 5.82 Å². The Morgan fingerprint density at radius 1 is 1.21 bits per heavy atom. The summed E-state index contributed by atoms with van der Waals surface area (Å²) in [7, 11) is 0. The van der Waals surface area contributed by atoms with Crippen LogP contribution >= 0.6 is 11.3 Å². The molecule has 1 amide bonds. The summed E-state index contributed by atoms with van der Waals surface area (Å²) in [5.41, 5.74) is 3.61. The number of hydrogen-bond acceptors (Lipinski definition) is 8. The van der Waals surface area contributed by atoms with Gasteiger partial charge in [-0.1, -0.05) is 26.8 Å². The first kappa shape index (κ1) is 26.3. The molecule has 1 aliphatic heterocycles. The molecule has 4 aromatic heterocycles. The minimum absolute atomic E-state index is 0.0564. The summed E-state index contributed by atoms with van der Waals surface area (Å²) in [4.78, 5) is 26.5. The van der Waals surface area contributed by atoms with E-state index in [1.54, 1.807) is 22.0 Å². The molecule has 0 aromatic carbocycles. The maximum absolute atomic E-state index is 13.3. The van der Waals surface area contributed by atoms with Gasteiger partial charge in [0.15, 0.2) is 5.65 Å². The zero-order chi connectivity index (χ0) is 26.7. The van der Waals surface area contributed by atoms with Crippen LogP contribution in [-0.2, 0) is 4.74 Å². The molecule has 5 rings (SSSR count). The van der Waals surface area contributed by atoms with Gasteiger partial charge in [0.1, 0.15) is 5.82 Å². The molecule has 1 saturated heterocycles. The van der Waals surface area contributed by atoms with Gasteiger partial charge >= 0.3 is 0 Å². The summed E-state index contributed by atoms with van der Waals surface area (Å²) in [5, 5.41) is 13.1. The van der Waals surface area contributed by atoms with Gasteiger partial charge in [0.25, 0.3) is 5.91 Å². The molecule has 0 radical (unpaired) electrons. The van der Waals surface area contributed by atoms with Crippen molar-refractivity contribution in [1.82, 2.24) is 29.8 Å². The fourth-order valence-electron chi connectivity index (χ4n) is 4.68. The number of rotatable bonds is 11. The predicted octanol–water partition coefficient (Wildman–Crippen LogP) is 4.43. The number of ether oxygens (including phenoxy) is 1. The van der Waals surface area contributed by atoms with Crippen LogP contribution in [0.2, 0.25) is 0 Å². The van der Waals surface area contributed by atoms with Gasteiger partial charge in [0.2, 0.25) is 0 Å². The van der Waals surface area contributed by atoms with Crippen LogP contribution < -0.4 is 10.6 Å². The van der Waals surface area contributed by atoms with Gasteiger partial charge in [-0.2, -0.15) is 5.10 Å². The Hall–Kier alpha value is -3.34. The summed E-state index contributed by atoms with van der Waals surface area (Å²) in [5.74, 6) is 0.518. The summed E-state index contributed by atoms with van der Waals surface area (Å²) in [6.45, 7) is 13.2. The second-order valence-electron chi connectivity index (χ2n) is 10.2. The minimum Gasteiger partial charge on any atom is -0.380 e. The molecule has 1 unspecified atom stereocenters. The summed E-state index contributed by atoms with van der Waals surface area (Å²) in [6.07, 6.45) is 3.67. The number of pyridine rings is 1. The Bertz CT molecular complexity index is 1390. The summed E-state index contributed by atoms with van der Waals surface area (Å²) >= 11 is 1.64. The Morgan fingerprint density at radius 2 is 2.03 bits per heavy atom. The third kappa shape index (κ3) is 5.57. The molecule has 0 spiro atoms. The number of carbonyl (C=O) groups is 1. The summed E-state index contributed by atoms with van der Waals surface area (Å²) < 4.78 is 7.15. The Balaban J connectivity index is 1.47. The maximum Gasteiger partial charge on any atom is 0.251 e. The van der Waals surface area contributed by atoms with Crippen molar-refractivity contribution in [2.24, 2.45) is 5.41 Å². The van der Waals surface area contributed by atoms with Gasteiger partial charge in [0.05, 0.1) is 41.2 Å². The molecule has 0 saturated carbocycles.